The summed E-state index contributed by atoms with van der Waals surface area (Å²) >= 11 is 6.09. The van der Waals surface area contributed by atoms with Gasteiger partial charge in [0.25, 0.3) is 0 Å². The minimum absolute atomic E-state index is 0.0561. The second-order valence-corrected chi connectivity index (χ2v) is 12.8. The number of aliphatic hydroxyl groups is 2. The molecule has 1 saturated heterocycles. The lowest BCUT2D eigenvalue weighted by Gasteiger charge is -2.19. The van der Waals surface area contributed by atoms with E-state index >= 15 is 0 Å². The summed E-state index contributed by atoms with van der Waals surface area (Å²) in [7, 11) is -9.40. The number of rotatable bonds is 9. The maximum absolute atomic E-state index is 11.9. The number of ether oxygens (including phenoxy) is 1. The molecule has 0 bridgehead atoms. The lowest BCUT2D eigenvalue weighted by Crippen LogP contribution is -2.31. The molecule has 1 aliphatic carbocycles. The number of anilines is 1. The van der Waals surface area contributed by atoms with Gasteiger partial charge in [-0.25, -0.2) is 4.68 Å². The molecule has 3 heterocycles. The van der Waals surface area contributed by atoms with Gasteiger partial charge in [0.2, 0.25) is 5.28 Å². The summed E-state index contributed by atoms with van der Waals surface area (Å²) in [6, 6.07) is -0.824. The van der Waals surface area contributed by atoms with E-state index in [1.165, 1.54) is 4.68 Å². The number of hydrogen-bond acceptors (Lipinski definition) is 11. The number of fused-ring (bicyclic) bond motifs is 1. The molecular weight excluding hydrogens is 518 g/mol. The summed E-state index contributed by atoms with van der Waals surface area (Å²) in [5.74, 6) is -1.51. The predicted molar refractivity (Wildman–Crippen MR) is 117 cm³/mol. The fraction of sp³-hybridized carbons (Fsp3) is 0.750. The van der Waals surface area contributed by atoms with Gasteiger partial charge in [-0.05, 0) is 24.4 Å². The zero-order chi connectivity index (χ0) is 24.7. The van der Waals surface area contributed by atoms with E-state index in [0.717, 1.165) is 6.42 Å². The van der Waals surface area contributed by atoms with Gasteiger partial charge >= 0.3 is 15.2 Å². The predicted octanol–water partition coefficient (Wildman–Crippen LogP) is -0.0569. The molecule has 2 fully saturated rings. The van der Waals surface area contributed by atoms with Gasteiger partial charge in [-0.15, -0.1) is 5.10 Å². The molecule has 4 rings (SSSR count). The topological polar surface area (TPSA) is 222 Å². The van der Waals surface area contributed by atoms with Gasteiger partial charge in [0.1, 0.15) is 6.10 Å². The Balaban J connectivity index is 1.50. The number of aromatic nitrogens is 5. The van der Waals surface area contributed by atoms with Gasteiger partial charge in [-0.1, -0.05) is 5.21 Å². The molecule has 0 spiro atoms. The monoisotopic (exact) mass is 542 g/mol. The highest BCUT2D eigenvalue weighted by molar-refractivity contribution is 7.70. The van der Waals surface area contributed by atoms with Crippen LogP contribution in [0.1, 0.15) is 18.9 Å². The third kappa shape index (κ3) is 5.93. The van der Waals surface area contributed by atoms with Crippen LogP contribution in [0, 0.1) is 11.8 Å². The van der Waals surface area contributed by atoms with Crippen LogP contribution in [-0.4, -0.2) is 94.3 Å². The van der Waals surface area contributed by atoms with Crippen LogP contribution >= 0.6 is 26.8 Å². The maximum atomic E-state index is 11.9. The molecule has 0 aromatic carbocycles. The molecule has 15 nitrogen and oxygen atoms in total. The van der Waals surface area contributed by atoms with E-state index in [1.54, 1.807) is 0 Å². The van der Waals surface area contributed by atoms with Gasteiger partial charge in [0.15, 0.2) is 22.9 Å². The van der Waals surface area contributed by atoms with Crippen molar-refractivity contribution in [3.8, 4) is 0 Å². The van der Waals surface area contributed by atoms with Crippen molar-refractivity contribution in [1.29, 1.82) is 0 Å². The normalized spacial score (nSPS) is 29.5. The van der Waals surface area contributed by atoms with Gasteiger partial charge in [-0.3, -0.25) is 9.13 Å². The van der Waals surface area contributed by atoms with Crippen LogP contribution < -0.4 is 5.32 Å². The lowest BCUT2D eigenvalue weighted by atomic mass is 10.1. The van der Waals surface area contributed by atoms with Gasteiger partial charge in [-0.2, -0.15) is 9.97 Å². The Hall–Kier alpha value is -1.25. The highest BCUT2D eigenvalue weighted by atomic mass is 35.5. The van der Waals surface area contributed by atoms with Gasteiger partial charge < -0.3 is 39.5 Å². The minimum atomic E-state index is -4.79. The molecular formula is C16H25ClN6O9P2. The molecule has 0 radical (unpaired) electrons. The molecule has 18 heteroatoms. The van der Waals surface area contributed by atoms with Crippen molar-refractivity contribution in [3.05, 3.63) is 5.28 Å². The summed E-state index contributed by atoms with van der Waals surface area (Å²) in [6.45, 7) is 1.39. The van der Waals surface area contributed by atoms with Crippen molar-refractivity contribution in [2.75, 3.05) is 37.6 Å². The van der Waals surface area contributed by atoms with Crippen molar-refractivity contribution < 1.29 is 43.3 Å². The SMILES string of the molecule is O=P(O)(O)CP(=O)(O)OC[C@H]1C[C@@H](n2nnc3c(NC[C@H]4CCOC4)nc(Cl)nc32)[C@H](O)[C@@H]1O. The highest BCUT2D eigenvalue weighted by Crippen LogP contribution is 2.56. The standard InChI is InChI=1S/C16H25ClN6O9P2/c17-16-19-14(18-4-8-1-2-31-5-8)11-15(20-16)23(22-21-11)10-3-9(12(24)13(10)25)6-32-34(29,30)7-33(26,27)28/h8-10,12-13,24-25H,1-7H2,(H,29,30)(H,18,19,20)(H2,26,27,28)/t8-,9-,10-,12-,13+/m1/s1. The van der Waals surface area contributed by atoms with Gasteiger partial charge in [0, 0.05) is 25.0 Å². The first kappa shape index (κ1) is 25.8. The van der Waals surface area contributed by atoms with Crippen molar-refractivity contribution in [2.24, 2.45) is 11.8 Å². The number of halogens is 1. The Kier molecular flexibility index (Phi) is 7.61. The van der Waals surface area contributed by atoms with Crippen LogP contribution in [0.2, 0.25) is 5.28 Å². The van der Waals surface area contributed by atoms with Crippen LogP contribution in [0.15, 0.2) is 0 Å². The Morgan fingerprint density at radius 1 is 1.21 bits per heavy atom. The Bertz CT molecular complexity index is 1130. The molecule has 190 valence electrons. The van der Waals surface area contributed by atoms with E-state index in [4.69, 9.17) is 30.6 Å². The number of hydrogen-bond donors (Lipinski definition) is 6. The largest absolute Gasteiger partial charge is 0.390 e. The second-order valence-electron chi connectivity index (χ2n) is 8.44. The molecule has 2 aromatic rings. The third-order valence-corrected chi connectivity index (χ3v) is 9.44. The van der Waals surface area contributed by atoms with E-state index in [1.807, 2.05) is 0 Å². The smallest absolute Gasteiger partial charge is 0.340 e. The molecule has 34 heavy (non-hydrogen) atoms. The molecule has 6 atom stereocenters. The van der Waals surface area contributed by atoms with Crippen LogP contribution in [-0.2, 0) is 18.4 Å². The summed E-state index contributed by atoms with van der Waals surface area (Å²) in [5.41, 5.74) is 0.531. The summed E-state index contributed by atoms with van der Waals surface area (Å²) < 4.78 is 34.4. The molecule has 6 N–H and O–H groups in total. The van der Waals surface area contributed by atoms with Crippen LogP contribution in [0.3, 0.4) is 0 Å². The average Bonchev–Trinajstić information content (AvgIpc) is 3.44. The quantitative estimate of drug-likeness (QED) is 0.180. The first-order chi connectivity index (χ1) is 15.9. The summed E-state index contributed by atoms with van der Waals surface area (Å²) in [6.07, 6.45) is -1.75. The molecule has 2 aromatic heterocycles. The highest BCUT2D eigenvalue weighted by Gasteiger charge is 2.45. The van der Waals surface area contributed by atoms with Crippen molar-refractivity contribution in [3.63, 3.8) is 0 Å². The maximum Gasteiger partial charge on any atom is 0.340 e. The lowest BCUT2D eigenvalue weighted by molar-refractivity contribution is -0.00362. The summed E-state index contributed by atoms with van der Waals surface area (Å²) in [4.78, 5) is 35.8. The Morgan fingerprint density at radius 3 is 2.65 bits per heavy atom. The van der Waals surface area contributed by atoms with Crippen molar-refractivity contribution in [2.45, 2.75) is 31.1 Å². The van der Waals surface area contributed by atoms with Crippen LogP contribution in [0.4, 0.5) is 5.82 Å². The average molecular weight is 543 g/mol. The fourth-order valence-corrected chi connectivity index (χ4v) is 6.91. The number of nitrogens with zero attached hydrogens (tertiary/aromatic N) is 5. The van der Waals surface area contributed by atoms with E-state index in [2.05, 4.69) is 25.6 Å². The fourth-order valence-electron chi connectivity index (χ4n) is 4.13. The Morgan fingerprint density at radius 2 is 1.97 bits per heavy atom. The van der Waals surface area contributed by atoms with Crippen molar-refractivity contribution >= 4 is 43.8 Å². The van der Waals surface area contributed by atoms with Crippen molar-refractivity contribution in [1.82, 2.24) is 25.0 Å². The van der Waals surface area contributed by atoms with E-state index < -0.39 is 51.9 Å². The first-order valence-corrected chi connectivity index (χ1v) is 14.3. The molecule has 1 unspecified atom stereocenters. The zero-order valence-electron chi connectivity index (χ0n) is 17.7. The molecule has 1 saturated carbocycles. The van der Waals surface area contributed by atoms with E-state index in [0.29, 0.717) is 37.0 Å². The molecule has 1 aliphatic heterocycles. The minimum Gasteiger partial charge on any atom is -0.390 e. The summed E-state index contributed by atoms with van der Waals surface area (Å²) in [5, 5.41) is 32.3. The number of aliphatic hydroxyl groups excluding tert-OH is 2. The number of nitrogens with one attached hydrogen (secondary N) is 1. The molecule has 2 aliphatic rings. The second kappa shape index (κ2) is 10.0. The third-order valence-electron chi connectivity index (χ3n) is 5.82. The van der Waals surface area contributed by atoms with E-state index in [-0.39, 0.29) is 17.4 Å². The van der Waals surface area contributed by atoms with Gasteiger partial charge in [0.05, 0.1) is 25.4 Å². The van der Waals surface area contributed by atoms with Crippen LogP contribution in [0.25, 0.3) is 11.2 Å². The van der Waals surface area contributed by atoms with Crippen LogP contribution in [0.5, 0.6) is 0 Å². The molecule has 0 amide bonds. The Labute approximate surface area is 198 Å². The van der Waals surface area contributed by atoms with E-state index in [9.17, 15) is 24.2 Å². The zero-order valence-corrected chi connectivity index (χ0v) is 20.3. The first-order valence-electron chi connectivity index (χ1n) is 10.4.